The smallest absolute Gasteiger partial charge is 0.0110 e. The molecule has 1 aliphatic heterocycles. The molecule has 0 aromatic carbocycles. The normalized spacial score (nSPS) is 20.2. The number of unbranched alkanes of at least 4 members (excludes halogenated alkanes) is 4. The van der Waals surface area contributed by atoms with E-state index in [9.17, 15) is 0 Å². The SMILES string of the molecule is CCCCCCCN1CCN(CC(C)CC)CC1. The molecule has 0 bridgehead atoms. The molecule has 0 aromatic heterocycles. The van der Waals surface area contributed by atoms with Gasteiger partial charge in [-0.1, -0.05) is 52.9 Å². The van der Waals surface area contributed by atoms with E-state index in [-0.39, 0.29) is 0 Å². The summed E-state index contributed by atoms with van der Waals surface area (Å²) in [7, 11) is 0. The molecule has 0 N–H and O–H groups in total. The summed E-state index contributed by atoms with van der Waals surface area (Å²) in [4.78, 5) is 5.32. The highest BCUT2D eigenvalue weighted by atomic mass is 15.3. The van der Waals surface area contributed by atoms with Crippen LogP contribution in [0.3, 0.4) is 0 Å². The molecule has 0 aliphatic carbocycles. The zero-order valence-corrected chi connectivity index (χ0v) is 13.0. The van der Waals surface area contributed by atoms with Crippen molar-refractivity contribution in [2.75, 3.05) is 39.3 Å². The van der Waals surface area contributed by atoms with Crippen molar-refractivity contribution in [2.24, 2.45) is 5.92 Å². The van der Waals surface area contributed by atoms with E-state index in [1.54, 1.807) is 0 Å². The fraction of sp³-hybridized carbons (Fsp3) is 1.00. The summed E-state index contributed by atoms with van der Waals surface area (Å²) in [6.07, 6.45) is 8.37. The second-order valence-corrected chi connectivity index (χ2v) is 6.07. The molecule has 2 nitrogen and oxygen atoms in total. The van der Waals surface area contributed by atoms with Gasteiger partial charge in [0, 0.05) is 32.7 Å². The maximum Gasteiger partial charge on any atom is 0.0110 e. The Kier molecular flexibility index (Phi) is 8.70. The Morgan fingerprint density at radius 1 is 0.833 bits per heavy atom. The van der Waals surface area contributed by atoms with E-state index < -0.39 is 0 Å². The molecule has 1 heterocycles. The first kappa shape index (κ1) is 16.0. The summed E-state index contributed by atoms with van der Waals surface area (Å²) in [5, 5.41) is 0. The van der Waals surface area contributed by atoms with Crippen molar-refractivity contribution in [1.29, 1.82) is 0 Å². The minimum absolute atomic E-state index is 0.866. The molecule has 0 saturated carbocycles. The van der Waals surface area contributed by atoms with E-state index in [1.807, 2.05) is 0 Å². The monoisotopic (exact) mass is 254 g/mol. The third-order valence-corrected chi connectivity index (χ3v) is 4.31. The highest BCUT2D eigenvalue weighted by Gasteiger charge is 2.17. The minimum Gasteiger partial charge on any atom is -0.301 e. The lowest BCUT2D eigenvalue weighted by Gasteiger charge is -2.35. The predicted molar refractivity (Wildman–Crippen MR) is 81.1 cm³/mol. The van der Waals surface area contributed by atoms with Crippen molar-refractivity contribution >= 4 is 0 Å². The molecule has 0 spiro atoms. The van der Waals surface area contributed by atoms with Gasteiger partial charge in [0.1, 0.15) is 0 Å². The number of hydrogen-bond donors (Lipinski definition) is 0. The lowest BCUT2D eigenvalue weighted by atomic mass is 10.1. The summed E-state index contributed by atoms with van der Waals surface area (Å²) in [5.74, 6) is 0.866. The van der Waals surface area contributed by atoms with Crippen LogP contribution in [0.5, 0.6) is 0 Å². The molecule has 0 radical (unpaired) electrons. The molecule has 18 heavy (non-hydrogen) atoms. The van der Waals surface area contributed by atoms with Gasteiger partial charge < -0.3 is 9.80 Å². The largest absolute Gasteiger partial charge is 0.301 e. The van der Waals surface area contributed by atoms with E-state index >= 15 is 0 Å². The molecule has 0 aromatic rings. The van der Waals surface area contributed by atoms with E-state index in [1.165, 1.54) is 77.8 Å². The Bertz CT molecular complexity index is 186. The van der Waals surface area contributed by atoms with Crippen LogP contribution in [0.1, 0.15) is 59.3 Å². The molecule has 1 atom stereocenters. The molecule has 1 unspecified atom stereocenters. The quantitative estimate of drug-likeness (QED) is 0.580. The number of nitrogens with zero attached hydrogens (tertiary/aromatic N) is 2. The Morgan fingerprint density at radius 3 is 2.06 bits per heavy atom. The number of rotatable bonds is 9. The first-order valence-corrected chi connectivity index (χ1v) is 8.21. The molecular formula is C16H34N2. The lowest BCUT2D eigenvalue weighted by Crippen LogP contribution is -2.47. The average Bonchev–Trinajstić information content (AvgIpc) is 2.40. The molecule has 2 heteroatoms. The standard InChI is InChI=1S/C16H34N2/c1-4-6-7-8-9-10-17-11-13-18(14-12-17)15-16(3)5-2/h16H,4-15H2,1-3H3. The first-order valence-electron chi connectivity index (χ1n) is 8.21. The van der Waals surface area contributed by atoms with E-state index in [4.69, 9.17) is 0 Å². The Labute approximate surface area is 115 Å². The Morgan fingerprint density at radius 2 is 1.44 bits per heavy atom. The fourth-order valence-corrected chi connectivity index (χ4v) is 2.70. The molecule has 108 valence electrons. The third-order valence-electron chi connectivity index (χ3n) is 4.31. The fourth-order valence-electron chi connectivity index (χ4n) is 2.70. The van der Waals surface area contributed by atoms with Crippen LogP contribution in [-0.2, 0) is 0 Å². The van der Waals surface area contributed by atoms with Gasteiger partial charge in [0.25, 0.3) is 0 Å². The first-order chi connectivity index (χ1) is 8.76. The molecule has 1 saturated heterocycles. The van der Waals surface area contributed by atoms with Crippen molar-refractivity contribution in [1.82, 2.24) is 9.80 Å². The average molecular weight is 254 g/mol. The van der Waals surface area contributed by atoms with Crippen molar-refractivity contribution in [3.05, 3.63) is 0 Å². The molecule has 1 aliphatic rings. The molecular weight excluding hydrogens is 220 g/mol. The van der Waals surface area contributed by atoms with E-state index in [2.05, 4.69) is 30.6 Å². The van der Waals surface area contributed by atoms with Crippen LogP contribution in [-0.4, -0.2) is 49.1 Å². The highest BCUT2D eigenvalue weighted by molar-refractivity contribution is 4.73. The molecule has 0 amide bonds. The van der Waals surface area contributed by atoms with Crippen LogP contribution >= 0.6 is 0 Å². The predicted octanol–water partition coefficient (Wildman–Crippen LogP) is 3.62. The maximum atomic E-state index is 2.67. The second kappa shape index (κ2) is 9.80. The van der Waals surface area contributed by atoms with Crippen molar-refractivity contribution in [3.63, 3.8) is 0 Å². The minimum atomic E-state index is 0.866. The summed E-state index contributed by atoms with van der Waals surface area (Å²) in [6, 6.07) is 0. The van der Waals surface area contributed by atoms with Crippen molar-refractivity contribution in [2.45, 2.75) is 59.3 Å². The summed E-state index contributed by atoms with van der Waals surface area (Å²) < 4.78 is 0. The van der Waals surface area contributed by atoms with Gasteiger partial charge in [-0.25, -0.2) is 0 Å². The van der Waals surface area contributed by atoms with Crippen LogP contribution in [0.2, 0.25) is 0 Å². The Balaban J connectivity index is 2.01. The molecule has 1 rings (SSSR count). The van der Waals surface area contributed by atoms with Gasteiger partial charge in [-0.15, -0.1) is 0 Å². The van der Waals surface area contributed by atoms with Crippen LogP contribution in [0, 0.1) is 5.92 Å². The van der Waals surface area contributed by atoms with E-state index in [0.29, 0.717) is 0 Å². The van der Waals surface area contributed by atoms with Gasteiger partial charge in [0.2, 0.25) is 0 Å². The topological polar surface area (TPSA) is 6.48 Å². The number of piperazine rings is 1. The number of hydrogen-bond acceptors (Lipinski definition) is 2. The van der Waals surface area contributed by atoms with Crippen LogP contribution in [0.4, 0.5) is 0 Å². The lowest BCUT2D eigenvalue weighted by molar-refractivity contribution is 0.118. The van der Waals surface area contributed by atoms with Crippen molar-refractivity contribution < 1.29 is 0 Å². The zero-order chi connectivity index (χ0) is 13.2. The van der Waals surface area contributed by atoms with Gasteiger partial charge in [-0.2, -0.15) is 0 Å². The van der Waals surface area contributed by atoms with Gasteiger partial charge >= 0.3 is 0 Å². The summed E-state index contributed by atoms with van der Waals surface area (Å²) >= 11 is 0. The van der Waals surface area contributed by atoms with Crippen molar-refractivity contribution in [3.8, 4) is 0 Å². The van der Waals surface area contributed by atoms with Crippen LogP contribution in [0.25, 0.3) is 0 Å². The van der Waals surface area contributed by atoms with Gasteiger partial charge in [0.05, 0.1) is 0 Å². The van der Waals surface area contributed by atoms with Gasteiger partial charge in [-0.05, 0) is 18.9 Å². The van der Waals surface area contributed by atoms with Gasteiger partial charge in [0.15, 0.2) is 0 Å². The molecule has 1 fully saturated rings. The zero-order valence-electron chi connectivity index (χ0n) is 13.0. The Hall–Kier alpha value is -0.0800. The third kappa shape index (κ3) is 6.75. The highest BCUT2D eigenvalue weighted by Crippen LogP contribution is 2.09. The van der Waals surface area contributed by atoms with Crippen LogP contribution in [0.15, 0.2) is 0 Å². The summed E-state index contributed by atoms with van der Waals surface area (Å²) in [5.41, 5.74) is 0. The summed E-state index contributed by atoms with van der Waals surface area (Å²) in [6.45, 7) is 14.8. The second-order valence-electron chi connectivity index (χ2n) is 6.07. The van der Waals surface area contributed by atoms with E-state index in [0.717, 1.165) is 5.92 Å². The maximum absolute atomic E-state index is 2.67. The van der Waals surface area contributed by atoms with Gasteiger partial charge in [-0.3, -0.25) is 0 Å². The van der Waals surface area contributed by atoms with Crippen LogP contribution < -0.4 is 0 Å².